The van der Waals surface area contributed by atoms with Crippen LogP contribution in [0, 0.1) is 5.82 Å². The lowest BCUT2D eigenvalue weighted by atomic mass is 10.1. The minimum Gasteiger partial charge on any atom is -0.490 e. The zero-order chi connectivity index (χ0) is 16.7. The lowest BCUT2D eigenvalue weighted by Gasteiger charge is -2.09. The summed E-state index contributed by atoms with van der Waals surface area (Å²) in [5.74, 6) is -0.363. The molecule has 0 unspecified atom stereocenters. The molecular formula is C17H16Cl2FNO2. The van der Waals surface area contributed by atoms with E-state index in [-0.39, 0.29) is 18.1 Å². The number of carbonyl (C=O) groups excluding carboxylic acids is 1. The lowest BCUT2D eigenvalue weighted by Crippen LogP contribution is -2.27. The van der Waals surface area contributed by atoms with Crippen molar-refractivity contribution in [1.29, 1.82) is 0 Å². The van der Waals surface area contributed by atoms with E-state index < -0.39 is 5.82 Å². The van der Waals surface area contributed by atoms with Gasteiger partial charge in [0.2, 0.25) is 5.91 Å². The van der Waals surface area contributed by atoms with Gasteiger partial charge in [-0.3, -0.25) is 4.79 Å². The molecule has 0 atom stereocenters. The van der Waals surface area contributed by atoms with Gasteiger partial charge in [0, 0.05) is 16.6 Å². The summed E-state index contributed by atoms with van der Waals surface area (Å²) in [5, 5.41) is 3.69. The molecule has 1 amide bonds. The molecule has 23 heavy (non-hydrogen) atoms. The quantitative estimate of drug-likeness (QED) is 0.753. The van der Waals surface area contributed by atoms with Gasteiger partial charge in [-0.15, -0.1) is 0 Å². The molecule has 0 saturated heterocycles. The van der Waals surface area contributed by atoms with Crippen molar-refractivity contribution in [3.63, 3.8) is 0 Å². The van der Waals surface area contributed by atoms with Crippen molar-refractivity contribution in [3.8, 4) is 5.75 Å². The van der Waals surface area contributed by atoms with Crippen molar-refractivity contribution in [2.45, 2.75) is 12.8 Å². The maximum Gasteiger partial charge on any atom is 0.224 e. The third-order valence-corrected chi connectivity index (χ3v) is 3.84. The zero-order valence-corrected chi connectivity index (χ0v) is 13.8. The Morgan fingerprint density at radius 2 is 1.78 bits per heavy atom. The average molecular weight is 356 g/mol. The van der Waals surface area contributed by atoms with Crippen molar-refractivity contribution in [2.24, 2.45) is 0 Å². The summed E-state index contributed by atoms with van der Waals surface area (Å²) in [6.45, 7) is 0.740. The van der Waals surface area contributed by atoms with Crippen LogP contribution in [-0.2, 0) is 11.2 Å². The maximum atomic E-state index is 13.3. The van der Waals surface area contributed by atoms with Crippen LogP contribution < -0.4 is 10.1 Å². The van der Waals surface area contributed by atoms with Gasteiger partial charge in [-0.25, -0.2) is 4.39 Å². The number of nitrogens with one attached hydrogen (secondary N) is 1. The molecule has 0 aliphatic heterocycles. The predicted octanol–water partition coefficient (Wildman–Crippen LogP) is 4.26. The van der Waals surface area contributed by atoms with E-state index in [0.29, 0.717) is 35.2 Å². The minimum atomic E-state index is -0.398. The summed E-state index contributed by atoms with van der Waals surface area (Å²) < 4.78 is 18.6. The zero-order valence-electron chi connectivity index (χ0n) is 12.3. The van der Waals surface area contributed by atoms with Crippen LogP contribution in [0.4, 0.5) is 4.39 Å². The lowest BCUT2D eigenvalue weighted by molar-refractivity contribution is -0.120. The monoisotopic (exact) mass is 355 g/mol. The number of carbonyl (C=O) groups is 1. The first-order valence-electron chi connectivity index (χ1n) is 7.15. The van der Waals surface area contributed by atoms with Crippen LogP contribution in [0.2, 0.25) is 10.0 Å². The Kier molecular flexibility index (Phi) is 6.68. The topological polar surface area (TPSA) is 38.3 Å². The second kappa shape index (κ2) is 8.75. The summed E-state index contributed by atoms with van der Waals surface area (Å²) in [5.41, 5.74) is 0.607. The maximum absolute atomic E-state index is 13.3. The van der Waals surface area contributed by atoms with Crippen molar-refractivity contribution < 1.29 is 13.9 Å². The fourth-order valence-corrected chi connectivity index (χ4v) is 2.50. The third kappa shape index (κ3) is 5.41. The van der Waals surface area contributed by atoms with Crippen molar-refractivity contribution in [1.82, 2.24) is 5.32 Å². The number of ether oxygens (including phenoxy) is 1. The molecule has 122 valence electrons. The first kappa shape index (κ1) is 17.6. The van der Waals surface area contributed by atoms with Crippen LogP contribution in [-0.4, -0.2) is 19.1 Å². The Hall–Kier alpha value is -1.78. The number of amides is 1. The van der Waals surface area contributed by atoms with Gasteiger partial charge in [-0.1, -0.05) is 41.4 Å². The van der Waals surface area contributed by atoms with E-state index in [1.807, 2.05) is 0 Å². The summed E-state index contributed by atoms with van der Waals surface area (Å²) in [6.07, 6.45) is 0.684. The molecule has 0 aromatic heterocycles. The summed E-state index contributed by atoms with van der Waals surface area (Å²) in [7, 11) is 0. The second-order valence-corrected chi connectivity index (χ2v) is 5.67. The molecular weight excluding hydrogens is 340 g/mol. The van der Waals surface area contributed by atoms with Gasteiger partial charge in [0.15, 0.2) is 11.6 Å². The van der Waals surface area contributed by atoms with Crippen molar-refractivity contribution in [2.75, 3.05) is 13.2 Å². The van der Waals surface area contributed by atoms with Crippen LogP contribution in [0.15, 0.2) is 42.5 Å². The molecule has 3 nitrogen and oxygen atoms in total. The van der Waals surface area contributed by atoms with Crippen LogP contribution >= 0.6 is 23.2 Å². The Morgan fingerprint density at radius 3 is 2.48 bits per heavy atom. The van der Waals surface area contributed by atoms with E-state index in [1.54, 1.807) is 36.4 Å². The molecule has 0 heterocycles. The van der Waals surface area contributed by atoms with E-state index in [1.165, 1.54) is 6.07 Å². The largest absolute Gasteiger partial charge is 0.490 e. The number of rotatable bonds is 7. The van der Waals surface area contributed by atoms with Gasteiger partial charge in [-0.2, -0.15) is 0 Å². The van der Waals surface area contributed by atoms with E-state index in [9.17, 15) is 9.18 Å². The van der Waals surface area contributed by atoms with E-state index in [4.69, 9.17) is 27.9 Å². The molecule has 2 rings (SSSR count). The first-order valence-corrected chi connectivity index (χ1v) is 7.90. The Bertz CT molecular complexity index is 659. The minimum absolute atomic E-state index is 0.118. The van der Waals surface area contributed by atoms with E-state index >= 15 is 0 Å². The van der Waals surface area contributed by atoms with Gasteiger partial charge < -0.3 is 10.1 Å². The standard InChI is InChI=1S/C17H16Cl2FNO2/c18-13-5-3-6-14(19)12(13)11-17(22)21-9-4-10-23-16-8-2-1-7-15(16)20/h1-3,5-8H,4,9-11H2,(H,21,22). The molecule has 2 aromatic carbocycles. The number of hydrogen-bond acceptors (Lipinski definition) is 2. The van der Waals surface area contributed by atoms with Gasteiger partial charge in [0.05, 0.1) is 13.0 Å². The van der Waals surface area contributed by atoms with Crippen molar-refractivity contribution in [3.05, 3.63) is 63.9 Å². The first-order chi connectivity index (χ1) is 11.1. The molecule has 0 saturated carbocycles. The Labute approximate surface area is 144 Å². The molecule has 1 N–H and O–H groups in total. The summed E-state index contributed by atoms with van der Waals surface area (Å²) in [4.78, 5) is 11.9. The SMILES string of the molecule is O=C(Cc1c(Cl)cccc1Cl)NCCCOc1ccccc1F. The van der Waals surface area contributed by atoms with E-state index in [2.05, 4.69) is 5.32 Å². The molecule has 0 bridgehead atoms. The van der Waals surface area contributed by atoms with E-state index in [0.717, 1.165) is 0 Å². The molecule has 0 aliphatic carbocycles. The smallest absolute Gasteiger partial charge is 0.224 e. The third-order valence-electron chi connectivity index (χ3n) is 3.14. The average Bonchev–Trinajstić information content (AvgIpc) is 2.52. The van der Waals surface area contributed by atoms with Gasteiger partial charge >= 0.3 is 0 Å². The van der Waals surface area contributed by atoms with Gasteiger partial charge in [-0.05, 0) is 36.2 Å². The van der Waals surface area contributed by atoms with Crippen LogP contribution in [0.25, 0.3) is 0 Å². The normalized spacial score (nSPS) is 10.4. The molecule has 0 aliphatic rings. The predicted molar refractivity (Wildman–Crippen MR) is 89.7 cm³/mol. The summed E-state index contributed by atoms with van der Waals surface area (Å²) >= 11 is 12.0. The fourth-order valence-electron chi connectivity index (χ4n) is 1.97. The molecule has 6 heteroatoms. The molecule has 0 radical (unpaired) electrons. The van der Waals surface area contributed by atoms with Gasteiger partial charge in [0.1, 0.15) is 0 Å². The molecule has 2 aromatic rings. The Morgan fingerprint density at radius 1 is 1.09 bits per heavy atom. The van der Waals surface area contributed by atoms with Crippen LogP contribution in [0.1, 0.15) is 12.0 Å². The van der Waals surface area contributed by atoms with Crippen LogP contribution in [0.5, 0.6) is 5.75 Å². The highest BCUT2D eigenvalue weighted by molar-refractivity contribution is 6.36. The molecule has 0 spiro atoms. The highest BCUT2D eigenvalue weighted by Gasteiger charge is 2.10. The number of hydrogen-bond donors (Lipinski definition) is 1. The Balaban J connectivity index is 1.70. The number of para-hydroxylation sites is 1. The van der Waals surface area contributed by atoms with Gasteiger partial charge in [0.25, 0.3) is 0 Å². The highest BCUT2D eigenvalue weighted by Crippen LogP contribution is 2.24. The molecule has 0 fully saturated rings. The van der Waals surface area contributed by atoms with Crippen molar-refractivity contribution >= 4 is 29.1 Å². The number of benzene rings is 2. The second-order valence-electron chi connectivity index (χ2n) is 4.86. The highest BCUT2D eigenvalue weighted by atomic mass is 35.5. The summed E-state index contributed by atoms with van der Waals surface area (Å²) in [6, 6.07) is 11.3. The fraction of sp³-hybridized carbons (Fsp3) is 0.235. The number of halogens is 3. The van der Waals surface area contributed by atoms with Crippen LogP contribution in [0.3, 0.4) is 0 Å².